The molecule has 0 bridgehead atoms. The summed E-state index contributed by atoms with van der Waals surface area (Å²) in [6.07, 6.45) is 0. The average molecular weight is 276 g/mol. The molecule has 1 heterocycles. The van der Waals surface area contributed by atoms with Gasteiger partial charge in [-0.15, -0.1) is 0 Å². The molecule has 6 nitrogen and oxygen atoms in total. The minimum absolute atomic E-state index is 0.112. The first-order valence-corrected chi connectivity index (χ1v) is 6.02. The molecule has 7 heteroatoms. The standard InChI is InChI=1S/C12H12N4O2S/c13-6-8-2-1-3-9-11(8)15-12(19)16(9)4-5-18-7-10(14)17/h1-3H,4-5,7H2,(H2,14,17)(H,15,19). The van der Waals surface area contributed by atoms with E-state index in [0.29, 0.717) is 29.0 Å². The second-order valence-electron chi connectivity index (χ2n) is 3.91. The number of nitrogens with zero attached hydrogens (tertiary/aromatic N) is 2. The molecule has 0 saturated carbocycles. The van der Waals surface area contributed by atoms with E-state index in [1.165, 1.54) is 0 Å². The Hall–Kier alpha value is -2.17. The molecule has 0 spiro atoms. The van der Waals surface area contributed by atoms with E-state index in [1.807, 2.05) is 10.6 Å². The zero-order chi connectivity index (χ0) is 13.8. The van der Waals surface area contributed by atoms with E-state index in [9.17, 15) is 4.79 Å². The number of carbonyl (C=O) groups is 1. The highest BCUT2D eigenvalue weighted by Gasteiger charge is 2.07. The van der Waals surface area contributed by atoms with Crippen molar-refractivity contribution in [3.05, 3.63) is 28.5 Å². The molecule has 3 N–H and O–H groups in total. The SMILES string of the molecule is N#Cc1cccc2c1[nH]c(=S)n2CCOCC(N)=O. The van der Waals surface area contributed by atoms with E-state index in [1.54, 1.807) is 12.1 Å². The average Bonchev–Trinajstić information content (AvgIpc) is 2.70. The summed E-state index contributed by atoms with van der Waals surface area (Å²) in [6.45, 7) is 0.696. The van der Waals surface area contributed by atoms with Crippen LogP contribution in [0.15, 0.2) is 18.2 Å². The van der Waals surface area contributed by atoms with Crippen LogP contribution in [-0.2, 0) is 16.1 Å². The number of aromatic amines is 1. The van der Waals surface area contributed by atoms with E-state index in [2.05, 4.69) is 11.1 Å². The summed E-state index contributed by atoms with van der Waals surface area (Å²) in [5.41, 5.74) is 7.07. The number of hydrogen-bond acceptors (Lipinski definition) is 4. The van der Waals surface area contributed by atoms with Crippen LogP contribution in [0.25, 0.3) is 11.0 Å². The van der Waals surface area contributed by atoms with Gasteiger partial charge in [-0.25, -0.2) is 0 Å². The first kappa shape index (κ1) is 13.3. The van der Waals surface area contributed by atoms with Crippen molar-refractivity contribution in [1.29, 1.82) is 5.26 Å². The van der Waals surface area contributed by atoms with E-state index >= 15 is 0 Å². The number of aromatic nitrogens is 2. The molecule has 0 aliphatic rings. The number of imidazole rings is 1. The summed E-state index contributed by atoms with van der Waals surface area (Å²) < 4.78 is 7.45. The number of para-hydroxylation sites is 1. The number of H-pyrrole nitrogens is 1. The van der Waals surface area contributed by atoms with Crippen LogP contribution in [-0.4, -0.2) is 28.7 Å². The van der Waals surface area contributed by atoms with Gasteiger partial charge in [0, 0.05) is 6.54 Å². The summed E-state index contributed by atoms with van der Waals surface area (Å²) >= 11 is 5.21. The fourth-order valence-corrected chi connectivity index (χ4v) is 2.12. The van der Waals surface area contributed by atoms with Gasteiger partial charge in [0.1, 0.15) is 12.7 Å². The summed E-state index contributed by atoms with van der Waals surface area (Å²) in [7, 11) is 0. The highest BCUT2D eigenvalue weighted by Crippen LogP contribution is 2.17. The number of fused-ring (bicyclic) bond motifs is 1. The zero-order valence-electron chi connectivity index (χ0n) is 10.0. The molecule has 0 aliphatic carbocycles. The predicted molar refractivity (Wildman–Crippen MR) is 71.9 cm³/mol. The van der Waals surface area contributed by atoms with Crippen molar-refractivity contribution in [3.8, 4) is 6.07 Å². The van der Waals surface area contributed by atoms with Crippen molar-refractivity contribution in [1.82, 2.24) is 9.55 Å². The molecule has 0 aliphatic heterocycles. The number of ether oxygens (including phenoxy) is 1. The van der Waals surface area contributed by atoms with Gasteiger partial charge in [0.25, 0.3) is 0 Å². The molecular weight excluding hydrogens is 264 g/mol. The molecule has 1 aromatic heterocycles. The molecule has 0 fully saturated rings. The van der Waals surface area contributed by atoms with Gasteiger partial charge >= 0.3 is 0 Å². The third-order valence-electron chi connectivity index (χ3n) is 2.63. The van der Waals surface area contributed by atoms with Gasteiger partial charge < -0.3 is 20.0 Å². The van der Waals surface area contributed by atoms with E-state index in [-0.39, 0.29) is 6.61 Å². The molecule has 0 radical (unpaired) electrons. The highest BCUT2D eigenvalue weighted by atomic mass is 32.1. The second-order valence-corrected chi connectivity index (χ2v) is 4.30. The Balaban J connectivity index is 2.24. The predicted octanol–water partition coefficient (Wildman–Crippen LogP) is 1.07. The van der Waals surface area contributed by atoms with Gasteiger partial charge in [0.2, 0.25) is 5.91 Å². The van der Waals surface area contributed by atoms with Crippen molar-refractivity contribution < 1.29 is 9.53 Å². The Kier molecular flexibility index (Phi) is 3.94. The van der Waals surface area contributed by atoms with Crippen molar-refractivity contribution in [2.75, 3.05) is 13.2 Å². The van der Waals surface area contributed by atoms with Crippen LogP contribution in [0.3, 0.4) is 0 Å². The van der Waals surface area contributed by atoms with Crippen LogP contribution >= 0.6 is 12.2 Å². The number of hydrogen-bond donors (Lipinski definition) is 2. The summed E-state index contributed by atoms with van der Waals surface area (Å²) in [6, 6.07) is 7.50. The molecule has 19 heavy (non-hydrogen) atoms. The Morgan fingerprint density at radius 1 is 1.58 bits per heavy atom. The monoisotopic (exact) mass is 276 g/mol. The Labute approximate surface area is 114 Å². The van der Waals surface area contributed by atoms with Gasteiger partial charge in [-0.1, -0.05) is 6.07 Å². The van der Waals surface area contributed by atoms with E-state index in [4.69, 9.17) is 28.0 Å². The van der Waals surface area contributed by atoms with Gasteiger partial charge in [0.15, 0.2) is 4.77 Å². The minimum Gasteiger partial charge on any atom is -0.370 e. The van der Waals surface area contributed by atoms with Gasteiger partial charge in [-0.2, -0.15) is 5.26 Å². The Bertz CT molecular complexity index is 711. The lowest BCUT2D eigenvalue weighted by atomic mass is 10.2. The van der Waals surface area contributed by atoms with Crippen molar-refractivity contribution >= 4 is 29.2 Å². The Morgan fingerprint density at radius 3 is 3.05 bits per heavy atom. The Morgan fingerprint density at radius 2 is 2.37 bits per heavy atom. The lowest BCUT2D eigenvalue weighted by Gasteiger charge is -2.04. The van der Waals surface area contributed by atoms with Gasteiger partial charge in [-0.05, 0) is 24.4 Å². The molecule has 2 aromatic rings. The zero-order valence-corrected chi connectivity index (χ0v) is 10.9. The lowest BCUT2D eigenvalue weighted by Crippen LogP contribution is -2.19. The quantitative estimate of drug-likeness (QED) is 0.630. The highest BCUT2D eigenvalue weighted by molar-refractivity contribution is 7.71. The number of nitriles is 1. The first-order chi connectivity index (χ1) is 9.13. The van der Waals surface area contributed by atoms with Crippen molar-refractivity contribution in [3.63, 3.8) is 0 Å². The third kappa shape index (κ3) is 2.81. The molecule has 1 amide bonds. The summed E-state index contributed by atoms with van der Waals surface area (Å²) in [5, 5.41) is 9.02. The minimum atomic E-state index is -0.505. The number of benzene rings is 1. The van der Waals surface area contributed by atoms with Gasteiger partial charge in [0.05, 0.1) is 23.2 Å². The van der Waals surface area contributed by atoms with Crippen LogP contribution in [0, 0.1) is 16.1 Å². The van der Waals surface area contributed by atoms with Crippen molar-refractivity contribution in [2.45, 2.75) is 6.54 Å². The molecular formula is C12H12N4O2S. The lowest BCUT2D eigenvalue weighted by molar-refractivity contribution is -0.122. The molecule has 0 saturated heterocycles. The molecule has 0 unspecified atom stereocenters. The fraction of sp³-hybridized carbons (Fsp3) is 0.250. The van der Waals surface area contributed by atoms with Crippen LogP contribution in [0.4, 0.5) is 0 Å². The topological polar surface area (TPSA) is 96.8 Å². The normalized spacial score (nSPS) is 10.5. The number of rotatable bonds is 5. The maximum absolute atomic E-state index is 10.6. The van der Waals surface area contributed by atoms with Crippen LogP contribution in [0.1, 0.15) is 5.56 Å². The number of carbonyl (C=O) groups excluding carboxylic acids is 1. The van der Waals surface area contributed by atoms with Gasteiger partial charge in [-0.3, -0.25) is 4.79 Å². The summed E-state index contributed by atoms with van der Waals surface area (Å²) in [5.74, 6) is -0.505. The number of primary amides is 1. The van der Waals surface area contributed by atoms with Crippen LogP contribution in [0.5, 0.6) is 0 Å². The number of amides is 1. The van der Waals surface area contributed by atoms with Crippen molar-refractivity contribution in [2.24, 2.45) is 5.73 Å². The number of nitrogens with two attached hydrogens (primary N) is 1. The van der Waals surface area contributed by atoms with E-state index < -0.39 is 5.91 Å². The van der Waals surface area contributed by atoms with E-state index in [0.717, 1.165) is 5.52 Å². The molecule has 1 aromatic carbocycles. The van der Waals surface area contributed by atoms with Crippen LogP contribution in [0.2, 0.25) is 0 Å². The maximum atomic E-state index is 10.6. The largest absolute Gasteiger partial charge is 0.370 e. The van der Waals surface area contributed by atoms with Crippen LogP contribution < -0.4 is 5.73 Å². The molecule has 2 rings (SSSR count). The summed E-state index contributed by atoms with van der Waals surface area (Å²) in [4.78, 5) is 13.6. The second kappa shape index (κ2) is 5.65. The number of nitrogens with one attached hydrogen (secondary N) is 1. The maximum Gasteiger partial charge on any atom is 0.243 e. The molecule has 0 atom stereocenters. The first-order valence-electron chi connectivity index (χ1n) is 5.61. The third-order valence-corrected chi connectivity index (χ3v) is 2.96. The molecule has 98 valence electrons. The smallest absolute Gasteiger partial charge is 0.243 e. The fourth-order valence-electron chi connectivity index (χ4n) is 1.82.